The molecule has 2 N–H and O–H groups in total. The zero-order valence-corrected chi connectivity index (χ0v) is 14.6. The van der Waals surface area contributed by atoms with Gasteiger partial charge in [-0.25, -0.2) is 4.68 Å². The lowest BCUT2D eigenvalue weighted by atomic mass is 10.2. The monoisotopic (exact) mass is 345 g/mol. The molecular formula is C18H23N3O4. The highest BCUT2D eigenvalue weighted by atomic mass is 16.5. The van der Waals surface area contributed by atoms with Crippen molar-refractivity contribution < 1.29 is 19.4 Å². The number of hydrogen-bond acceptors (Lipinski definition) is 4. The molecule has 25 heavy (non-hydrogen) atoms. The smallest absolute Gasteiger partial charge is 0.305 e. The number of hydrogen-bond donors (Lipinski definition) is 2. The van der Waals surface area contributed by atoms with E-state index in [4.69, 9.17) is 9.84 Å². The molecule has 0 aliphatic heterocycles. The number of rotatable bonds is 8. The van der Waals surface area contributed by atoms with Crippen LogP contribution in [0.3, 0.4) is 0 Å². The van der Waals surface area contributed by atoms with Crippen LogP contribution in [0.2, 0.25) is 0 Å². The minimum atomic E-state index is -0.973. The molecule has 0 saturated carbocycles. The molecule has 7 nitrogen and oxygen atoms in total. The third-order valence-corrected chi connectivity index (χ3v) is 3.35. The lowest BCUT2D eigenvalue weighted by Gasteiger charge is -2.12. The zero-order chi connectivity index (χ0) is 18.4. The molecule has 7 heteroatoms. The topological polar surface area (TPSA) is 93.5 Å². The van der Waals surface area contributed by atoms with Gasteiger partial charge in [0.1, 0.15) is 0 Å². The van der Waals surface area contributed by atoms with Gasteiger partial charge in [-0.2, -0.15) is 5.10 Å². The fourth-order valence-electron chi connectivity index (χ4n) is 2.20. The second-order valence-corrected chi connectivity index (χ2v) is 6.30. The van der Waals surface area contributed by atoms with Gasteiger partial charge in [-0.15, -0.1) is 0 Å². The number of aliphatic carboxylic acids is 1. The van der Waals surface area contributed by atoms with Crippen LogP contribution < -0.4 is 10.1 Å². The van der Waals surface area contributed by atoms with Crippen LogP contribution in [0.25, 0.3) is 5.69 Å². The number of carboxylic acid groups (broad SMARTS) is 1. The molecule has 0 radical (unpaired) electrons. The molecule has 1 heterocycles. The average molecular weight is 345 g/mol. The molecule has 0 spiro atoms. The quantitative estimate of drug-likeness (QED) is 0.767. The van der Waals surface area contributed by atoms with Crippen LogP contribution in [0.5, 0.6) is 5.75 Å². The van der Waals surface area contributed by atoms with Crippen molar-refractivity contribution in [3.8, 4) is 11.4 Å². The highest BCUT2D eigenvalue weighted by Gasteiger charge is 2.21. The Balaban J connectivity index is 2.25. The van der Waals surface area contributed by atoms with E-state index in [1.165, 1.54) is 0 Å². The van der Waals surface area contributed by atoms with Crippen LogP contribution in [0.1, 0.15) is 37.7 Å². The van der Waals surface area contributed by atoms with E-state index < -0.39 is 17.9 Å². The molecule has 0 saturated heterocycles. The number of nitrogens with one attached hydrogen (secondary N) is 1. The zero-order valence-electron chi connectivity index (χ0n) is 14.6. The van der Waals surface area contributed by atoms with Crippen LogP contribution in [0.4, 0.5) is 0 Å². The van der Waals surface area contributed by atoms with Gasteiger partial charge in [0.25, 0.3) is 5.91 Å². The summed E-state index contributed by atoms with van der Waals surface area (Å²) >= 11 is 0. The lowest BCUT2D eigenvalue weighted by Crippen LogP contribution is -2.34. The van der Waals surface area contributed by atoms with E-state index in [2.05, 4.69) is 10.4 Å². The number of amides is 1. The van der Waals surface area contributed by atoms with Crippen molar-refractivity contribution in [2.45, 2.75) is 33.2 Å². The van der Waals surface area contributed by atoms with Gasteiger partial charge in [0.05, 0.1) is 24.9 Å². The number of carboxylic acids is 1. The molecular weight excluding hydrogens is 322 g/mol. The molecule has 134 valence electrons. The number of para-hydroxylation sites is 1. The minimum Gasteiger partial charge on any atom is -0.489 e. The Labute approximate surface area is 146 Å². The Morgan fingerprint density at radius 1 is 1.24 bits per heavy atom. The molecule has 1 aromatic carbocycles. The fraction of sp³-hybridized carbons (Fsp3) is 0.389. The van der Waals surface area contributed by atoms with Gasteiger partial charge in [0, 0.05) is 6.04 Å². The maximum Gasteiger partial charge on any atom is 0.305 e. The predicted octanol–water partition coefficient (Wildman–Crippen LogP) is 2.50. The van der Waals surface area contributed by atoms with E-state index in [1.807, 2.05) is 44.2 Å². The highest BCUT2D eigenvalue weighted by molar-refractivity contribution is 5.95. The SMILES string of the molecule is CC(C)COc1cn(-c2ccccc2)nc1C(=O)NC(C)CC(=O)O. The van der Waals surface area contributed by atoms with Crippen LogP contribution in [0, 0.1) is 5.92 Å². The summed E-state index contributed by atoms with van der Waals surface area (Å²) in [5, 5.41) is 15.8. The molecule has 0 aliphatic carbocycles. The predicted molar refractivity (Wildman–Crippen MR) is 93.1 cm³/mol. The molecule has 1 amide bonds. The minimum absolute atomic E-state index is 0.141. The molecule has 1 unspecified atom stereocenters. The number of carbonyl (C=O) groups is 2. The summed E-state index contributed by atoms with van der Waals surface area (Å²) in [7, 11) is 0. The van der Waals surface area contributed by atoms with E-state index in [0.717, 1.165) is 5.69 Å². The number of aromatic nitrogens is 2. The summed E-state index contributed by atoms with van der Waals surface area (Å²) in [6, 6.07) is 8.87. The van der Waals surface area contributed by atoms with E-state index in [1.54, 1.807) is 17.8 Å². The van der Waals surface area contributed by atoms with Gasteiger partial charge in [0.2, 0.25) is 0 Å². The molecule has 2 rings (SSSR count). The van der Waals surface area contributed by atoms with Crippen molar-refractivity contribution in [3.05, 3.63) is 42.2 Å². The first-order valence-corrected chi connectivity index (χ1v) is 8.17. The molecule has 0 aliphatic rings. The third kappa shape index (κ3) is 5.34. The standard InChI is InChI=1S/C18H23N3O4/c1-12(2)11-25-15-10-21(14-7-5-4-6-8-14)20-17(15)18(24)19-13(3)9-16(22)23/h4-8,10,12-13H,9,11H2,1-3H3,(H,19,24)(H,22,23). The van der Waals surface area contributed by atoms with Gasteiger partial charge < -0.3 is 15.2 Å². The van der Waals surface area contributed by atoms with Crippen LogP contribution >= 0.6 is 0 Å². The Hall–Kier alpha value is -2.83. The maximum atomic E-state index is 12.5. The van der Waals surface area contributed by atoms with Crippen LogP contribution in [-0.2, 0) is 4.79 Å². The van der Waals surface area contributed by atoms with Gasteiger partial charge >= 0.3 is 5.97 Å². The van der Waals surface area contributed by atoms with Crippen LogP contribution in [0.15, 0.2) is 36.5 Å². The summed E-state index contributed by atoms with van der Waals surface area (Å²) in [5.41, 5.74) is 0.941. The summed E-state index contributed by atoms with van der Waals surface area (Å²) in [4.78, 5) is 23.3. The van der Waals surface area contributed by atoms with Gasteiger partial charge in [-0.1, -0.05) is 32.0 Å². The molecule has 0 fully saturated rings. The number of nitrogens with zero attached hydrogens (tertiary/aromatic N) is 2. The van der Waals surface area contributed by atoms with E-state index in [-0.39, 0.29) is 12.1 Å². The van der Waals surface area contributed by atoms with E-state index >= 15 is 0 Å². The van der Waals surface area contributed by atoms with Crippen molar-refractivity contribution >= 4 is 11.9 Å². The largest absolute Gasteiger partial charge is 0.489 e. The van der Waals surface area contributed by atoms with Gasteiger partial charge in [-0.3, -0.25) is 9.59 Å². The first-order valence-electron chi connectivity index (χ1n) is 8.17. The molecule has 1 atom stereocenters. The van der Waals surface area contributed by atoms with Crippen molar-refractivity contribution in [1.29, 1.82) is 0 Å². The summed E-state index contributed by atoms with van der Waals surface area (Å²) < 4.78 is 7.30. The molecule has 2 aromatic rings. The van der Waals surface area contributed by atoms with Gasteiger partial charge in [-0.05, 0) is 25.0 Å². The first-order chi connectivity index (χ1) is 11.9. The fourth-order valence-corrected chi connectivity index (χ4v) is 2.20. The molecule has 0 bridgehead atoms. The van der Waals surface area contributed by atoms with Gasteiger partial charge in [0.15, 0.2) is 11.4 Å². The molecule has 1 aromatic heterocycles. The van der Waals surface area contributed by atoms with E-state index in [0.29, 0.717) is 18.3 Å². The summed E-state index contributed by atoms with van der Waals surface area (Å²) in [6.07, 6.45) is 1.50. The lowest BCUT2D eigenvalue weighted by molar-refractivity contribution is -0.137. The van der Waals surface area contributed by atoms with Crippen molar-refractivity contribution in [1.82, 2.24) is 15.1 Å². The Morgan fingerprint density at radius 2 is 1.92 bits per heavy atom. The summed E-state index contributed by atoms with van der Waals surface area (Å²) in [5.74, 6) is -0.763. The third-order valence-electron chi connectivity index (χ3n) is 3.35. The number of benzene rings is 1. The van der Waals surface area contributed by atoms with Crippen molar-refractivity contribution in [3.63, 3.8) is 0 Å². The Bertz CT molecular complexity index is 725. The second kappa shape index (κ2) is 8.32. The van der Waals surface area contributed by atoms with E-state index in [9.17, 15) is 9.59 Å². The maximum absolute atomic E-state index is 12.5. The van der Waals surface area contributed by atoms with Crippen molar-refractivity contribution in [2.24, 2.45) is 5.92 Å². The Morgan fingerprint density at radius 3 is 2.52 bits per heavy atom. The summed E-state index contributed by atoms with van der Waals surface area (Å²) in [6.45, 7) is 6.10. The highest BCUT2D eigenvalue weighted by Crippen LogP contribution is 2.21. The number of carbonyl (C=O) groups excluding carboxylic acids is 1. The second-order valence-electron chi connectivity index (χ2n) is 6.30. The van der Waals surface area contributed by atoms with Crippen LogP contribution in [-0.4, -0.2) is 39.4 Å². The normalized spacial score (nSPS) is 12.0. The first kappa shape index (κ1) is 18.5. The van der Waals surface area contributed by atoms with Crippen molar-refractivity contribution in [2.75, 3.05) is 6.61 Å². The Kier molecular flexibility index (Phi) is 6.16. The number of ether oxygens (including phenoxy) is 1. The average Bonchev–Trinajstić information content (AvgIpc) is 2.97.